The highest BCUT2D eigenvalue weighted by molar-refractivity contribution is 8.76. The lowest BCUT2D eigenvalue weighted by molar-refractivity contribution is 0.0194. The number of carboxylic acid groups (broad SMARTS) is 1. The van der Waals surface area contributed by atoms with Crippen molar-refractivity contribution in [3.8, 4) is 0 Å². The Morgan fingerprint density at radius 1 is 1.40 bits per heavy atom. The maximum absolute atomic E-state index is 11.2. The van der Waals surface area contributed by atoms with Crippen LogP contribution >= 0.6 is 21.6 Å². The molecule has 6 heteroatoms. The van der Waals surface area contributed by atoms with Crippen LogP contribution in [0.15, 0.2) is 0 Å². The van der Waals surface area contributed by atoms with Crippen LogP contribution < -0.4 is 0 Å². The van der Waals surface area contributed by atoms with Crippen molar-refractivity contribution in [3.05, 3.63) is 0 Å². The SMILES string of the molecule is CSSC(C)CCN1CCN(C(=O)O)CC1C(C)(C)C. The highest BCUT2D eigenvalue weighted by Gasteiger charge is 2.36. The summed E-state index contributed by atoms with van der Waals surface area (Å²) < 4.78 is 0. The first kappa shape index (κ1) is 18.0. The number of piperazine rings is 1. The van der Waals surface area contributed by atoms with E-state index in [1.54, 1.807) is 4.90 Å². The second kappa shape index (κ2) is 7.80. The van der Waals surface area contributed by atoms with Crippen molar-refractivity contribution in [1.29, 1.82) is 0 Å². The molecular weight excluding hydrogens is 292 g/mol. The molecule has 0 bridgehead atoms. The van der Waals surface area contributed by atoms with Crippen LogP contribution in [-0.4, -0.2) is 64.7 Å². The number of hydrogen-bond donors (Lipinski definition) is 1. The van der Waals surface area contributed by atoms with E-state index in [2.05, 4.69) is 38.9 Å². The summed E-state index contributed by atoms with van der Waals surface area (Å²) in [5, 5.41) is 9.84. The predicted molar refractivity (Wildman–Crippen MR) is 89.6 cm³/mol. The largest absolute Gasteiger partial charge is 0.465 e. The van der Waals surface area contributed by atoms with Gasteiger partial charge in [0.25, 0.3) is 0 Å². The molecule has 0 aromatic heterocycles. The van der Waals surface area contributed by atoms with E-state index in [-0.39, 0.29) is 5.41 Å². The Bertz CT molecular complexity index is 321. The monoisotopic (exact) mass is 320 g/mol. The van der Waals surface area contributed by atoms with Gasteiger partial charge in [-0.2, -0.15) is 0 Å². The lowest BCUT2D eigenvalue weighted by atomic mass is 9.84. The van der Waals surface area contributed by atoms with Crippen LogP contribution in [0.2, 0.25) is 0 Å². The highest BCUT2D eigenvalue weighted by Crippen LogP contribution is 2.30. The molecule has 1 amide bonds. The van der Waals surface area contributed by atoms with E-state index in [1.807, 2.05) is 21.6 Å². The normalized spacial score (nSPS) is 22.9. The number of carbonyl (C=O) groups is 1. The third-order valence-corrected chi connectivity index (χ3v) is 6.16. The van der Waals surface area contributed by atoms with Gasteiger partial charge in [0.1, 0.15) is 0 Å². The molecule has 20 heavy (non-hydrogen) atoms. The topological polar surface area (TPSA) is 43.8 Å². The van der Waals surface area contributed by atoms with Gasteiger partial charge in [0, 0.05) is 30.9 Å². The molecule has 1 aliphatic rings. The molecule has 1 aliphatic heterocycles. The quantitative estimate of drug-likeness (QED) is 0.786. The lowest BCUT2D eigenvalue weighted by Gasteiger charge is -2.46. The lowest BCUT2D eigenvalue weighted by Crippen LogP contribution is -2.59. The van der Waals surface area contributed by atoms with Gasteiger partial charge in [0.05, 0.1) is 0 Å². The van der Waals surface area contributed by atoms with Crippen molar-refractivity contribution >= 4 is 27.7 Å². The molecule has 0 saturated carbocycles. The van der Waals surface area contributed by atoms with Crippen LogP contribution in [0.1, 0.15) is 34.1 Å². The number of rotatable bonds is 5. The zero-order valence-corrected chi connectivity index (χ0v) is 14.9. The molecular formula is C14H28N2O2S2. The van der Waals surface area contributed by atoms with E-state index >= 15 is 0 Å². The van der Waals surface area contributed by atoms with Gasteiger partial charge in [0.2, 0.25) is 0 Å². The van der Waals surface area contributed by atoms with Gasteiger partial charge in [-0.15, -0.1) is 0 Å². The third-order valence-electron chi connectivity index (χ3n) is 3.84. The second-order valence-electron chi connectivity index (χ2n) is 6.51. The fourth-order valence-electron chi connectivity index (χ4n) is 2.64. The molecule has 118 valence electrons. The predicted octanol–water partition coefficient (Wildman–Crippen LogP) is 3.49. The smallest absolute Gasteiger partial charge is 0.407 e. The second-order valence-corrected chi connectivity index (χ2v) is 9.42. The fraction of sp³-hybridized carbons (Fsp3) is 0.929. The van der Waals surface area contributed by atoms with E-state index in [0.29, 0.717) is 24.4 Å². The molecule has 0 aromatic carbocycles. The van der Waals surface area contributed by atoms with Crippen LogP contribution in [0.3, 0.4) is 0 Å². The van der Waals surface area contributed by atoms with E-state index < -0.39 is 6.09 Å². The summed E-state index contributed by atoms with van der Waals surface area (Å²) in [6.07, 6.45) is 2.49. The molecule has 0 spiro atoms. The van der Waals surface area contributed by atoms with Gasteiger partial charge in [0.15, 0.2) is 0 Å². The van der Waals surface area contributed by atoms with Crippen molar-refractivity contribution in [3.63, 3.8) is 0 Å². The maximum Gasteiger partial charge on any atom is 0.407 e. The Morgan fingerprint density at radius 3 is 2.55 bits per heavy atom. The van der Waals surface area contributed by atoms with Crippen molar-refractivity contribution in [2.75, 3.05) is 32.4 Å². The third kappa shape index (κ3) is 5.37. The molecule has 0 aromatic rings. The minimum Gasteiger partial charge on any atom is -0.465 e. The van der Waals surface area contributed by atoms with Crippen LogP contribution in [0.4, 0.5) is 4.79 Å². The molecule has 2 atom stereocenters. The summed E-state index contributed by atoms with van der Waals surface area (Å²) >= 11 is 0. The molecule has 2 unspecified atom stereocenters. The Hall–Kier alpha value is -0.0700. The molecule has 0 radical (unpaired) electrons. The molecule has 1 saturated heterocycles. The molecule has 4 nitrogen and oxygen atoms in total. The summed E-state index contributed by atoms with van der Waals surface area (Å²) in [7, 11) is 3.74. The van der Waals surface area contributed by atoms with Crippen molar-refractivity contribution in [2.24, 2.45) is 5.41 Å². The van der Waals surface area contributed by atoms with E-state index in [9.17, 15) is 9.90 Å². The van der Waals surface area contributed by atoms with Crippen LogP contribution in [0.25, 0.3) is 0 Å². The minimum absolute atomic E-state index is 0.101. The Kier molecular flexibility index (Phi) is 7.01. The number of nitrogens with zero attached hydrogens (tertiary/aromatic N) is 2. The molecule has 1 N–H and O–H groups in total. The fourth-order valence-corrected chi connectivity index (χ4v) is 4.45. The Labute approximate surface area is 131 Å². The first-order valence-electron chi connectivity index (χ1n) is 7.17. The van der Waals surface area contributed by atoms with Gasteiger partial charge in [-0.25, -0.2) is 4.79 Å². The molecule has 1 rings (SSSR count). The van der Waals surface area contributed by atoms with Crippen LogP contribution in [-0.2, 0) is 0 Å². The van der Waals surface area contributed by atoms with Crippen molar-refractivity contribution < 1.29 is 9.90 Å². The summed E-state index contributed by atoms with van der Waals surface area (Å²) in [4.78, 5) is 15.2. The minimum atomic E-state index is -0.787. The average molecular weight is 321 g/mol. The Morgan fingerprint density at radius 2 is 2.05 bits per heavy atom. The summed E-state index contributed by atoms with van der Waals surface area (Å²) in [5.74, 6) is 0. The zero-order valence-electron chi connectivity index (χ0n) is 13.3. The van der Waals surface area contributed by atoms with Gasteiger partial charge in [-0.05, 0) is 24.6 Å². The maximum atomic E-state index is 11.2. The zero-order chi connectivity index (χ0) is 15.3. The summed E-state index contributed by atoms with van der Waals surface area (Å²) in [6.45, 7) is 12.0. The first-order valence-corrected chi connectivity index (χ1v) is 9.79. The summed E-state index contributed by atoms with van der Waals surface area (Å²) in [5.41, 5.74) is 0.101. The Balaban J connectivity index is 2.62. The van der Waals surface area contributed by atoms with Crippen molar-refractivity contribution in [1.82, 2.24) is 9.80 Å². The van der Waals surface area contributed by atoms with Gasteiger partial charge < -0.3 is 10.0 Å². The van der Waals surface area contributed by atoms with E-state index in [0.717, 1.165) is 19.5 Å². The molecule has 0 aliphatic carbocycles. The van der Waals surface area contributed by atoms with Crippen LogP contribution in [0.5, 0.6) is 0 Å². The first-order chi connectivity index (χ1) is 9.25. The van der Waals surface area contributed by atoms with Crippen LogP contribution in [0, 0.1) is 5.41 Å². The van der Waals surface area contributed by atoms with E-state index in [4.69, 9.17) is 0 Å². The molecule has 1 heterocycles. The number of amides is 1. The van der Waals surface area contributed by atoms with Crippen molar-refractivity contribution in [2.45, 2.75) is 45.4 Å². The van der Waals surface area contributed by atoms with Gasteiger partial charge in [-0.3, -0.25) is 4.90 Å². The van der Waals surface area contributed by atoms with Gasteiger partial charge in [-0.1, -0.05) is 49.3 Å². The number of hydrogen-bond acceptors (Lipinski definition) is 4. The average Bonchev–Trinajstić information content (AvgIpc) is 2.35. The van der Waals surface area contributed by atoms with Gasteiger partial charge >= 0.3 is 6.09 Å². The standard InChI is InChI=1S/C14H28N2O2S2/c1-11(20-19-5)6-7-15-8-9-16(13(17)18)10-12(15)14(2,3)4/h11-12H,6-10H2,1-5H3,(H,17,18). The highest BCUT2D eigenvalue weighted by atomic mass is 33.1. The summed E-state index contributed by atoms with van der Waals surface area (Å²) in [6, 6.07) is 0.304. The van der Waals surface area contributed by atoms with E-state index in [1.165, 1.54) is 0 Å². The molecule has 1 fully saturated rings.